The SMILES string of the molecule is CCOc1ccc(NC(=O)C(=O)N/N=C\c2cccc(Oc3ccccc3)c2)cc1. The molecular weight excluding hydrogens is 382 g/mol. The van der Waals surface area contributed by atoms with E-state index in [1.165, 1.54) is 6.21 Å². The molecule has 2 amide bonds. The van der Waals surface area contributed by atoms with Gasteiger partial charge in [-0.1, -0.05) is 30.3 Å². The normalized spacial score (nSPS) is 10.4. The van der Waals surface area contributed by atoms with E-state index in [2.05, 4.69) is 15.8 Å². The van der Waals surface area contributed by atoms with Gasteiger partial charge in [0.05, 0.1) is 12.8 Å². The van der Waals surface area contributed by atoms with E-state index in [4.69, 9.17) is 9.47 Å². The topological polar surface area (TPSA) is 89.0 Å². The Morgan fingerprint density at radius 3 is 2.33 bits per heavy atom. The highest BCUT2D eigenvalue weighted by Crippen LogP contribution is 2.21. The number of amides is 2. The average molecular weight is 403 g/mol. The number of para-hydroxylation sites is 1. The number of nitrogens with zero attached hydrogens (tertiary/aromatic N) is 1. The number of hydrogen-bond donors (Lipinski definition) is 2. The van der Waals surface area contributed by atoms with Crippen molar-refractivity contribution in [1.82, 2.24) is 5.43 Å². The van der Waals surface area contributed by atoms with Crippen LogP contribution in [0.1, 0.15) is 12.5 Å². The molecule has 0 bridgehead atoms. The Hall–Kier alpha value is -4.13. The van der Waals surface area contributed by atoms with Crippen molar-refractivity contribution in [3.63, 3.8) is 0 Å². The molecule has 3 rings (SSSR count). The van der Waals surface area contributed by atoms with Crippen molar-refractivity contribution in [2.45, 2.75) is 6.92 Å². The second-order valence-corrected chi connectivity index (χ2v) is 6.10. The molecule has 0 heterocycles. The first-order chi connectivity index (χ1) is 14.6. The Morgan fingerprint density at radius 2 is 1.60 bits per heavy atom. The molecule has 0 spiro atoms. The van der Waals surface area contributed by atoms with E-state index >= 15 is 0 Å². The Labute approximate surface area is 174 Å². The summed E-state index contributed by atoms with van der Waals surface area (Å²) in [4.78, 5) is 23.9. The van der Waals surface area contributed by atoms with Gasteiger partial charge in [0.2, 0.25) is 0 Å². The predicted molar refractivity (Wildman–Crippen MR) is 115 cm³/mol. The average Bonchev–Trinajstić information content (AvgIpc) is 2.76. The zero-order valence-corrected chi connectivity index (χ0v) is 16.4. The molecule has 0 radical (unpaired) electrons. The van der Waals surface area contributed by atoms with Crippen molar-refractivity contribution in [2.75, 3.05) is 11.9 Å². The minimum absolute atomic E-state index is 0.480. The van der Waals surface area contributed by atoms with E-state index in [1.807, 2.05) is 43.3 Å². The first kappa shape index (κ1) is 20.6. The van der Waals surface area contributed by atoms with Crippen LogP contribution in [-0.4, -0.2) is 24.6 Å². The molecule has 30 heavy (non-hydrogen) atoms. The summed E-state index contributed by atoms with van der Waals surface area (Å²) in [5, 5.41) is 6.33. The highest BCUT2D eigenvalue weighted by Gasteiger charge is 2.12. The second-order valence-electron chi connectivity index (χ2n) is 6.10. The van der Waals surface area contributed by atoms with Gasteiger partial charge in [0.15, 0.2) is 0 Å². The smallest absolute Gasteiger partial charge is 0.329 e. The summed E-state index contributed by atoms with van der Waals surface area (Å²) < 4.78 is 11.1. The molecule has 0 aliphatic carbocycles. The lowest BCUT2D eigenvalue weighted by Crippen LogP contribution is -2.32. The summed E-state index contributed by atoms with van der Waals surface area (Å²) in [6.07, 6.45) is 1.43. The highest BCUT2D eigenvalue weighted by atomic mass is 16.5. The summed E-state index contributed by atoms with van der Waals surface area (Å²) in [6.45, 7) is 2.43. The predicted octanol–water partition coefficient (Wildman–Crippen LogP) is 3.97. The van der Waals surface area contributed by atoms with Gasteiger partial charge in [-0.3, -0.25) is 9.59 Å². The lowest BCUT2D eigenvalue weighted by atomic mass is 10.2. The molecule has 2 N–H and O–H groups in total. The summed E-state index contributed by atoms with van der Waals surface area (Å²) >= 11 is 0. The minimum atomic E-state index is -0.878. The van der Waals surface area contributed by atoms with Crippen LogP contribution in [0, 0.1) is 0 Å². The monoisotopic (exact) mass is 403 g/mol. The molecule has 0 atom stereocenters. The van der Waals surface area contributed by atoms with Gasteiger partial charge in [-0.15, -0.1) is 0 Å². The first-order valence-corrected chi connectivity index (χ1v) is 9.34. The van der Waals surface area contributed by atoms with Crippen LogP contribution in [0.15, 0.2) is 84.0 Å². The largest absolute Gasteiger partial charge is 0.494 e. The zero-order valence-electron chi connectivity index (χ0n) is 16.4. The van der Waals surface area contributed by atoms with E-state index < -0.39 is 11.8 Å². The third-order valence-corrected chi connectivity index (χ3v) is 3.85. The van der Waals surface area contributed by atoms with Gasteiger partial charge in [-0.05, 0) is 61.0 Å². The third-order valence-electron chi connectivity index (χ3n) is 3.85. The fourth-order valence-corrected chi connectivity index (χ4v) is 2.49. The van der Waals surface area contributed by atoms with Crippen molar-refractivity contribution in [3.8, 4) is 17.2 Å². The van der Waals surface area contributed by atoms with Crippen molar-refractivity contribution in [2.24, 2.45) is 5.10 Å². The summed E-state index contributed by atoms with van der Waals surface area (Å²) in [7, 11) is 0. The fraction of sp³-hybridized carbons (Fsp3) is 0.0870. The lowest BCUT2D eigenvalue weighted by Gasteiger charge is -2.06. The zero-order chi connectivity index (χ0) is 21.2. The number of carbonyl (C=O) groups is 2. The van der Waals surface area contributed by atoms with Gasteiger partial charge in [0.1, 0.15) is 17.2 Å². The number of nitrogens with one attached hydrogen (secondary N) is 2. The van der Waals surface area contributed by atoms with Crippen molar-refractivity contribution < 1.29 is 19.1 Å². The first-order valence-electron chi connectivity index (χ1n) is 9.34. The van der Waals surface area contributed by atoms with Gasteiger partial charge in [-0.2, -0.15) is 5.10 Å². The number of anilines is 1. The van der Waals surface area contributed by atoms with Crippen molar-refractivity contribution >= 4 is 23.7 Å². The molecule has 0 saturated carbocycles. The standard InChI is InChI=1S/C23H21N3O4/c1-2-29-19-13-11-18(12-14-19)25-22(27)23(28)26-24-16-17-7-6-10-21(15-17)30-20-8-4-3-5-9-20/h3-16H,2H2,1H3,(H,25,27)(H,26,28)/b24-16-. The van der Waals surface area contributed by atoms with Crippen LogP contribution in [-0.2, 0) is 9.59 Å². The van der Waals surface area contributed by atoms with Gasteiger partial charge in [-0.25, -0.2) is 5.43 Å². The van der Waals surface area contributed by atoms with Gasteiger partial charge in [0.25, 0.3) is 0 Å². The molecule has 3 aromatic carbocycles. The fourth-order valence-electron chi connectivity index (χ4n) is 2.49. The molecule has 152 valence electrons. The van der Waals surface area contributed by atoms with Crippen LogP contribution in [0.25, 0.3) is 0 Å². The number of rotatable bonds is 7. The quantitative estimate of drug-likeness (QED) is 0.355. The molecule has 7 nitrogen and oxygen atoms in total. The maximum Gasteiger partial charge on any atom is 0.329 e. The second kappa shape index (κ2) is 10.4. The summed E-state index contributed by atoms with van der Waals surface area (Å²) in [6, 6.07) is 23.3. The van der Waals surface area contributed by atoms with Gasteiger partial charge < -0.3 is 14.8 Å². The number of hydrazone groups is 1. The van der Waals surface area contributed by atoms with Crippen molar-refractivity contribution in [1.29, 1.82) is 0 Å². The van der Waals surface area contributed by atoms with Crippen LogP contribution in [0.5, 0.6) is 17.2 Å². The Bertz CT molecular complexity index is 1020. The molecule has 0 unspecified atom stereocenters. The van der Waals surface area contributed by atoms with E-state index in [1.54, 1.807) is 42.5 Å². The van der Waals surface area contributed by atoms with Gasteiger partial charge >= 0.3 is 11.8 Å². The number of hydrogen-bond acceptors (Lipinski definition) is 5. The van der Waals surface area contributed by atoms with Crippen molar-refractivity contribution in [3.05, 3.63) is 84.4 Å². The molecule has 3 aromatic rings. The molecular formula is C23H21N3O4. The van der Waals surface area contributed by atoms with Crippen LogP contribution in [0.2, 0.25) is 0 Å². The number of benzene rings is 3. The molecule has 0 saturated heterocycles. The summed E-state index contributed by atoms with van der Waals surface area (Å²) in [5.41, 5.74) is 3.39. The Balaban J connectivity index is 1.52. The van der Waals surface area contributed by atoms with Crippen LogP contribution < -0.4 is 20.2 Å². The maximum atomic E-state index is 12.0. The Kier molecular flexibility index (Phi) is 7.16. The summed E-state index contributed by atoms with van der Waals surface area (Å²) in [5.74, 6) is 0.327. The molecule has 7 heteroatoms. The van der Waals surface area contributed by atoms with E-state index in [0.29, 0.717) is 35.1 Å². The van der Waals surface area contributed by atoms with E-state index in [-0.39, 0.29) is 0 Å². The highest BCUT2D eigenvalue weighted by molar-refractivity contribution is 6.39. The number of carbonyl (C=O) groups excluding carboxylic acids is 2. The third kappa shape index (κ3) is 6.20. The van der Waals surface area contributed by atoms with E-state index in [9.17, 15) is 9.59 Å². The molecule has 0 aliphatic heterocycles. The maximum absolute atomic E-state index is 12.0. The minimum Gasteiger partial charge on any atom is -0.494 e. The molecule has 0 aromatic heterocycles. The van der Waals surface area contributed by atoms with Crippen LogP contribution in [0.3, 0.4) is 0 Å². The van der Waals surface area contributed by atoms with E-state index in [0.717, 1.165) is 0 Å². The van der Waals surface area contributed by atoms with Gasteiger partial charge in [0, 0.05) is 5.69 Å². The number of ether oxygens (including phenoxy) is 2. The Morgan fingerprint density at radius 1 is 0.867 bits per heavy atom. The van der Waals surface area contributed by atoms with Crippen LogP contribution >= 0.6 is 0 Å². The molecule has 0 aliphatic rings. The molecule has 0 fully saturated rings. The lowest BCUT2D eigenvalue weighted by molar-refractivity contribution is -0.136. The van der Waals surface area contributed by atoms with Crippen LogP contribution in [0.4, 0.5) is 5.69 Å².